The number of para-hydroxylation sites is 2. The number of rotatable bonds is 14. The average Bonchev–Trinajstić information content (AvgIpc) is 2.69. The van der Waals surface area contributed by atoms with Crippen LogP contribution >= 0.6 is 0 Å². The minimum Gasteiger partial charge on any atom is -0.487 e. The van der Waals surface area contributed by atoms with Gasteiger partial charge in [-0.25, -0.2) is 0 Å². The van der Waals surface area contributed by atoms with Crippen LogP contribution in [0.3, 0.4) is 0 Å². The summed E-state index contributed by atoms with van der Waals surface area (Å²) in [4.78, 5) is 23.0. The van der Waals surface area contributed by atoms with Crippen molar-refractivity contribution in [1.29, 1.82) is 0 Å². The summed E-state index contributed by atoms with van der Waals surface area (Å²) >= 11 is 0. The number of nitrogens with one attached hydrogen (secondary N) is 3. The van der Waals surface area contributed by atoms with Gasteiger partial charge in [0.1, 0.15) is 12.7 Å². The number of hydrogen-bond acceptors (Lipinski definition) is 7. The second-order valence-corrected chi connectivity index (χ2v) is 6.42. The van der Waals surface area contributed by atoms with Crippen molar-refractivity contribution in [3.05, 3.63) is 24.3 Å². The number of carbonyl (C=O) groups excluding carboxylic acids is 2. The van der Waals surface area contributed by atoms with Crippen molar-refractivity contribution in [3.63, 3.8) is 0 Å². The number of ether oxygens (including phenoxy) is 2. The van der Waals surface area contributed by atoms with Crippen LogP contribution in [0.25, 0.3) is 0 Å². The second kappa shape index (κ2) is 13.8. The Morgan fingerprint density at radius 2 is 1.71 bits per heavy atom. The van der Waals surface area contributed by atoms with Crippen molar-refractivity contribution in [1.82, 2.24) is 16.0 Å². The smallest absolute Gasteiger partial charge is 0.258 e. The maximum atomic E-state index is 11.5. The van der Waals surface area contributed by atoms with Gasteiger partial charge in [0, 0.05) is 32.1 Å². The summed E-state index contributed by atoms with van der Waals surface area (Å²) in [6.07, 6.45) is -0.748. The van der Waals surface area contributed by atoms with E-state index in [0.29, 0.717) is 31.1 Å². The Hall–Kier alpha value is -2.36. The summed E-state index contributed by atoms with van der Waals surface area (Å²) in [5.74, 6) is 0.394. The molecule has 1 unspecified atom stereocenters. The molecule has 9 heteroatoms. The molecule has 0 bridgehead atoms. The molecule has 1 aromatic rings. The highest BCUT2D eigenvalue weighted by Crippen LogP contribution is 2.26. The molecule has 0 saturated heterocycles. The van der Waals surface area contributed by atoms with Crippen molar-refractivity contribution in [3.8, 4) is 11.5 Å². The van der Waals surface area contributed by atoms with Gasteiger partial charge in [-0.1, -0.05) is 26.0 Å². The lowest BCUT2D eigenvalue weighted by atomic mass is 10.2. The molecule has 0 saturated carbocycles. The fraction of sp³-hybridized carbons (Fsp3) is 0.579. The summed E-state index contributed by atoms with van der Waals surface area (Å²) in [7, 11) is 0. The first-order chi connectivity index (χ1) is 13.4. The predicted molar refractivity (Wildman–Crippen MR) is 104 cm³/mol. The first kappa shape index (κ1) is 23.7. The summed E-state index contributed by atoms with van der Waals surface area (Å²) in [6.45, 7) is 4.86. The van der Waals surface area contributed by atoms with E-state index in [-0.39, 0.29) is 44.1 Å². The molecule has 28 heavy (non-hydrogen) atoms. The van der Waals surface area contributed by atoms with Gasteiger partial charge < -0.3 is 35.6 Å². The Morgan fingerprint density at radius 3 is 2.36 bits per heavy atom. The Bertz CT molecular complexity index is 597. The minimum absolute atomic E-state index is 0.00710. The molecule has 1 aromatic carbocycles. The van der Waals surface area contributed by atoms with Crippen LogP contribution in [-0.4, -0.2) is 74.1 Å². The molecular weight excluding hydrogens is 366 g/mol. The van der Waals surface area contributed by atoms with Crippen LogP contribution < -0.4 is 25.4 Å². The third-order valence-electron chi connectivity index (χ3n) is 3.58. The van der Waals surface area contributed by atoms with Crippen molar-refractivity contribution in [2.75, 3.05) is 46.0 Å². The van der Waals surface area contributed by atoms with Crippen molar-refractivity contribution in [2.45, 2.75) is 20.0 Å². The highest BCUT2D eigenvalue weighted by Gasteiger charge is 2.10. The highest BCUT2D eigenvalue weighted by molar-refractivity contribution is 5.78. The third-order valence-corrected chi connectivity index (χ3v) is 3.58. The predicted octanol–water partition coefficient (Wildman–Crippen LogP) is -0.725. The Balaban J connectivity index is 2.30. The van der Waals surface area contributed by atoms with E-state index in [4.69, 9.17) is 14.6 Å². The topological polar surface area (TPSA) is 129 Å². The summed E-state index contributed by atoms with van der Waals surface area (Å²) in [5, 5.41) is 27.0. The van der Waals surface area contributed by atoms with E-state index in [1.807, 2.05) is 13.8 Å². The zero-order valence-electron chi connectivity index (χ0n) is 16.4. The van der Waals surface area contributed by atoms with Gasteiger partial charge in [0.15, 0.2) is 18.1 Å². The van der Waals surface area contributed by atoms with Crippen LogP contribution in [-0.2, 0) is 9.59 Å². The molecule has 0 fully saturated rings. The lowest BCUT2D eigenvalue weighted by molar-refractivity contribution is -0.124. The van der Waals surface area contributed by atoms with Gasteiger partial charge in [-0.3, -0.25) is 9.59 Å². The molecule has 0 radical (unpaired) electrons. The molecule has 0 aliphatic heterocycles. The van der Waals surface area contributed by atoms with Crippen molar-refractivity contribution in [2.24, 2.45) is 5.92 Å². The van der Waals surface area contributed by atoms with Crippen molar-refractivity contribution < 1.29 is 29.3 Å². The summed E-state index contributed by atoms with van der Waals surface area (Å²) < 4.78 is 11.0. The molecule has 158 valence electrons. The van der Waals surface area contributed by atoms with E-state index in [1.54, 1.807) is 24.3 Å². The van der Waals surface area contributed by atoms with Gasteiger partial charge in [-0.15, -0.1) is 0 Å². The van der Waals surface area contributed by atoms with Crippen molar-refractivity contribution >= 4 is 11.8 Å². The van der Waals surface area contributed by atoms with E-state index in [2.05, 4.69) is 16.0 Å². The first-order valence-corrected chi connectivity index (χ1v) is 9.32. The van der Waals surface area contributed by atoms with E-state index >= 15 is 0 Å². The van der Waals surface area contributed by atoms with Gasteiger partial charge >= 0.3 is 0 Å². The van der Waals surface area contributed by atoms with Crippen LogP contribution in [0, 0.1) is 5.92 Å². The third kappa shape index (κ3) is 10.1. The standard InChI is InChI=1S/C19H31N3O6/c1-14(2)19(26)22-8-7-20-11-15(24)12-27-16-5-3-4-6-17(16)28-13-18(25)21-9-10-23/h3-6,14-15,20,23-24H,7-13H2,1-2H3,(H,21,25)(H,22,26). The molecule has 0 aliphatic carbocycles. The molecule has 0 aliphatic rings. The lowest BCUT2D eigenvalue weighted by Gasteiger charge is -2.16. The van der Waals surface area contributed by atoms with Crippen LogP contribution in [0.5, 0.6) is 11.5 Å². The molecule has 1 rings (SSSR count). The quantitative estimate of drug-likeness (QED) is 0.262. The number of aliphatic hydroxyl groups is 2. The Labute approximate surface area is 165 Å². The van der Waals surface area contributed by atoms with E-state index in [1.165, 1.54) is 0 Å². The second-order valence-electron chi connectivity index (χ2n) is 6.42. The monoisotopic (exact) mass is 397 g/mol. The summed E-state index contributed by atoms with van der Waals surface area (Å²) in [5.41, 5.74) is 0. The Morgan fingerprint density at radius 1 is 1.04 bits per heavy atom. The largest absolute Gasteiger partial charge is 0.487 e. The van der Waals surface area contributed by atoms with Gasteiger partial charge in [0.05, 0.1) is 6.61 Å². The Kier molecular flexibility index (Phi) is 11.6. The number of carbonyl (C=O) groups is 2. The molecule has 9 nitrogen and oxygen atoms in total. The first-order valence-electron chi connectivity index (χ1n) is 9.32. The van der Waals surface area contributed by atoms with Crippen LogP contribution in [0.2, 0.25) is 0 Å². The molecule has 5 N–H and O–H groups in total. The van der Waals surface area contributed by atoms with E-state index in [0.717, 1.165) is 0 Å². The van der Waals surface area contributed by atoms with Gasteiger partial charge in [-0.2, -0.15) is 0 Å². The molecule has 0 aromatic heterocycles. The zero-order valence-corrected chi connectivity index (χ0v) is 16.4. The fourth-order valence-electron chi connectivity index (χ4n) is 2.07. The molecule has 0 spiro atoms. The van der Waals surface area contributed by atoms with E-state index in [9.17, 15) is 14.7 Å². The average molecular weight is 397 g/mol. The number of amides is 2. The maximum absolute atomic E-state index is 11.5. The van der Waals surface area contributed by atoms with Crippen LogP contribution in [0.15, 0.2) is 24.3 Å². The molecule has 1 atom stereocenters. The highest BCUT2D eigenvalue weighted by atomic mass is 16.5. The number of aliphatic hydroxyl groups excluding tert-OH is 2. The molecule has 0 heterocycles. The zero-order chi connectivity index (χ0) is 20.8. The lowest BCUT2D eigenvalue weighted by Crippen LogP contribution is -2.38. The van der Waals surface area contributed by atoms with E-state index < -0.39 is 6.10 Å². The SMILES string of the molecule is CC(C)C(=O)NCCNCC(O)COc1ccccc1OCC(=O)NCCO. The number of benzene rings is 1. The van der Waals surface area contributed by atoms with Crippen LogP contribution in [0.4, 0.5) is 0 Å². The fourth-order valence-corrected chi connectivity index (χ4v) is 2.07. The molecule has 2 amide bonds. The number of hydrogen-bond donors (Lipinski definition) is 5. The van der Waals surface area contributed by atoms with Gasteiger partial charge in [0.25, 0.3) is 5.91 Å². The van der Waals surface area contributed by atoms with Crippen LogP contribution in [0.1, 0.15) is 13.8 Å². The summed E-state index contributed by atoms with van der Waals surface area (Å²) in [6, 6.07) is 6.85. The minimum atomic E-state index is -0.748. The van der Waals surface area contributed by atoms with Gasteiger partial charge in [0.2, 0.25) is 5.91 Å². The normalized spacial score (nSPS) is 11.8. The molecular formula is C19H31N3O6. The van der Waals surface area contributed by atoms with Gasteiger partial charge in [-0.05, 0) is 12.1 Å². The maximum Gasteiger partial charge on any atom is 0.258 e.